The molecule has 1 aliphatic rings. The zero-order valence-corrected chi connectivity index (χ0v) is 14.7. The number of piperidine rings is 1. The molecular weight excluding hydrogens is 326 g/mol. The number of halogens is 1. The van der Waals surface area contributed by atoms with Crippen molar-refractivity contribution in [1.82, 2.24) is 4.90 Å². The highest BCUT2D eigenvalue weighted by atomic mass is 35.5. The molecule has 1 unspecified atom stereocenters. The van der Waals surface area contributed by atoms with Crippen molar-refractivity contribution in [2.45, 2.75) is 44.5 Å². The van der Waals surface area contributed by atoms with Crippen LogP contribution in [0.2, 0.25) is 11.3 Å². The lowest BCUT2D eigenvalue weighted by atomic mass is 9.82. The van der Waals surface area contributed by atoms with Crippen LogP contribution in [0.4, 0.5) is 0 Å². The Bertz CT molecular complexity index is 519. The second-order valence-electron chi connectivity index (χ2n) is 6.57. The molecule has 132 valence electrons. The lowest BCUT2D eigenvalue weighted by Gasteiger charge is -2.35. The van der Waals surface area contributed by atoms with Crippen molar-refractivity contribution < 1.29 is 14.8 Å². The van der Waals surface area contributed by atoms with Crippen LogP contribution in [0.1, 0.15) is 42.5 Å². The molecule has 1 aromatic rings. The lowest BCUT2D eigenvalue weighted by molar-refractivity contribution is 0.0676. The Balaban J connectivity index is 1.74. The Kier molecular flexibility index (Phi) is 7.56. The van der Waals surface area contributed by atoms with E-state index < -0.39 is 7.12 Å². The Morgan fingerprint density at radius 1 is 1.25 bits per heavy atom. The molecule has 0 saturated carbocycles. The number of nitrogens with zero attached hydrogens (tertiary/aromatic N) is 1. The van der Waals surface area contributed by atoms with Crippen LogP contribution in [0.3, 0.4) is 0 Å². The van der Waals surface area contributed by atoms with Crippen LogP contribution in [-0.4, -0.2) is 47.1 Å². The highest BCUT2D eigenvalue weighted by Gasteiger charge is 2.27. The highest BCUT2D eigenvalue weighted by molar-refractivity contribution is 6.40. The van der Waals surface area contributed by atoms with E-state index in [1.807, 2.05) is 4.90 Å². The van der Waals surface area contributed by atoms with Crippen molar-refractivity contribution in [3.63, 3.8) is 0 Å². The first kappa shape index (κ1) is 19.3. The van der Waals surface area contributed by atoms with Gasteiger partial charge in [-0.25, -0.2) is 0 Å². The summed E-state index contributed by atoms with van der Waals surface area (Å²) in [5.41, 5.74) is 6.94. The maximum absolute atomic E-state index is 12.5. The number of hydrogen-bond donors (Lipinski definition) is 3. The monoisotopic (exact) mass is 352 g/mol. The van der Waals surface area contributed by atoms with Crippen LogP contribution in [0.25, 0.3) is 0 Å². The highest BCUT2D eigenvalue weighted by Crippen LogP contribution is 2.24. The number of rotatable bonds is 7. The van der Waals surface area contributed by atoms with Gasteiger partial charge in [0.2, 0.25) is 0 Å². The molecule has 0 bridgehead atoms. The van der Waals surface area contributed by atoms with Crippen LogP contribution in [-0.2, 0) is 0 Å². The average Bonchev–Trinajstić information content (AvgIpc) is 2.58. The molecule has 1 atom stereocenters. The van der Waals surface area contributed by atoms with E-state index in [9.17, 15) is 4.79 Å². The summed E-state index contributed by atoms with van der Waals surface area (Å²) < 4.78 is 0. The molecule has 7 heteroatoms. The fraction of sp³-hybridized carbons (Fsp3) is 0.588. The third-order valence-electron chi connectivity index (χ3n) is 4.77. The number of carbonyl (C=O) groups is 1. The van der Waals surface area contributed by atoms with Gasteiger partial charge in [0.1, 0.15) is 0 Å². The van der Waals surface area contributed by atoms with Gasteiger partial charge in [0.15, 0.2) is 0 Å². The van der Waals surface area contributed by atoms with Gasteiger partial charge >= 0.3 is 7.12 Å². The van der Waals surface area contributed by atoms with Gasteiger partial charge in [-0.05, 0) is 55.8 Å². The first-order valence-electron chi connectivity index (χ1n) is 8.64. The molecule has 1 saturated heterocycles. The van der Waals surface area contributed by atoms with E-state index in [1.54, 1.807) is 24.3 Å². The summed E-state index contributed by atoms with van der Waals surface area (Å²) in [6, 6.07) is 7.12. The van der Waals surface area contributed by atoms with Gasteiger partial charge in [-0.2, -0.15) is 0 Å². The summed E-state index contributed by atoms with van der Waals surface area (Å²) in [4.78, 5) is 14.4. The molecule has 1 aromatic carbocycles. The summed E-state index contributed by atoms with van der Waals surface area (Å²) in [5, 5.41) is 18.3. The van der Waals surface area contributed by atoms with E-state index in [-0.39, 0.29) is 11.9 Å². The van der Waals surface area contributed by atoms with E-state index in [4.69, 9.17) is 27.4 Å². The summed E-state index contributed by atoms with van der Waals surface area (Å²) in [6.45, 7) is 1.46. The predicted molar refractivity (Wildman–Crippen MR) is 96.9 cm³/mol. The van der Waals surface area contributed by atoms with Crippen LogP contribution >= 0.6 is 11.6 Å². The zero-order chi connectivity index (χ0) is 17.5. The number of carbonyl (C=O) groups excluding carboxylic acids is 1. The maximum atomic E-state index is 12.5. The number of likely N-dealkylation sites (tertiary alicyclic amines) is 1. The van der Waals surface area contributed by atoms with Crippen molar-refractivity contribution in [2.75, 3.05) is 13.1 Å². The Morgan fingerprint density at radius 2 is 1.88 bits per heavy atom. The topological polar surface area (TPSA) is 86.8 Å². The predicted octanol–water partition coefficient (Wildman–Crippen LogP) is 2.16. The van der Waals surface area contributed by atoms with Gasteiger partial charge in [0, 0.05) is 29.7 Å². The minimum absolute atomic E-state index is 0.0515. The average molecular weight is 353 g/mol. The molecule has 0 spiro atoms. The normalized spacial score (nSPS) is 16.9. The number of hydrogen-bond acceptors (Lipinski definition) is 4. The summed E-state index contributed by atoms with van der Waals surface area (Å²) in [6.07, 6.45) is 4.82. The SMILES string of the molecule is NC(CCCCB(O)O)C1CCN(C(=O)c2ccc(Cl)cc2)CC1. The van der Waals surface area contributed by atoms with Gasteiger partial charge in [-0.15, -0.1) is 0 Å². The van der Waals surface area contributed by atoms with Crippen LogP contribution in [0, 0.1) is 5.92 Å². The zero-order valence-electron chi connectivity index (χ0n) is 13.9. The standard InChI is InChI=1S/C17H26BClN2O3/c19-15-6-4-14(5-7-15)17(22)21-11-8-13(9-12-21)16(20)3-1-2-10-18(23)24/h4-7,13,16,23-24H,1-3,8-12,20H2. The fourth-order valence-electron chi connectivity index (χ4n) is 3.25. The number of unbranched alkanes of at least 4 members (excludes halogenated alkanes) is 1. The molecule has 0 aromatic heterocycles. The molecule has 2 rings (SSSR count). The maximum Gasteiger partial charge on any atom is 0.451 e. The van der Waals surface area contributed by atoms with E-state index in [0.717, 1.165) is 45.2 Å². The minimum atomic E-state index is -1.22. The van der Waals surface area contributed by atoms with Crippen LogP contribution in [0.15, 0.2) is 24.3 Å². The number of nitrogens with two attached hydrogens (primary N) is 1. The molecule has 1 aliphatic heterocycles. The minimum Gasteiger partial charge on any atom is -0.427 e. The van der Waals surface area contributed by atoms with Crippen molar-refractivity contribution in [3.05, 3.63) is 34.9 Å². The van der Waals surface area contributed by atoms with Crippen LogP contribution < -0.4 is 5.73 Å². The Labute approximate surface area is 148 Å². The summed E-state index contributed by atoms with van der Waals surface area (Å²) in [7, 11) is -1.22. The lowest BCUT2D eigenvalue weighted by Crippen LogP contribution is -2.43. The molecule has 5 nitrogen and oxygen atoms in total. The van der Waals surface area contributed by atoms with E-state index >= 15 is 0 Å². The fourth-order valence-corrected chi connectivity index (χ4v) is 3.37. The van der Waals surface area contributed by atoms with Gasteiger partial charge in [0.05, 0.1) is 0 Å². The van der Waals surface area contributed by atoms with Crippen LogP contribution in [0.5, 0.6) is 0 Å². The summed E-state index contributed by atoms with van der Waals surface area (Å²) in [5.74, 6) is 0.480. The van der Waals surface area contributed by atoms with Gasteiger partial charge < -0.3 is 20.7 Å². The molecule has 1 fully saturated rings. The molecule has 1 heterocycles. The molecule has 1 amide bonds. The van der Waals surface area contributed by atoms with Gasteiger partial charge in [0.25, 0.3) is 5.91 Å². The molecule has 0 radical (unpaired) electrons. The number of amides is 1. The van der Waals surface area contributed by atoms with Gasteiger partial charge in [-0.3, -0.25) is 4.79 Å². The second-order valence-corrected chi connectivity index (χ2v) is 7.00. The molecule has 24 heavy (non-hydrogen) atoms. The van der Waals surface area contributed by atoms with E-state index in [2.05, 4.69) is 0 Å². The van der Waals surface area contributed by atoms with Crippen molar-refractivity contribution in [1.29, 1.82) is 0 Å². The number of benzene rings is 1. The Hall–Kier alpha value is -1.08. The third-order valence-corrected chi connectivity index (χ3v) is 5.03. The first-order valence-corrected chi connectivity index (χ1v) is 9.01. The molecule has 4 N–H and O–H groups in total. The molecule has 0 aliphatic carbocycles. The largest absolute Gasteiger partial charge is 0.451 e. The van der Waals surface area contributed by atoms with Crippen molar-refractivity contribution >= 4 is 24.6 Å². The van der Waals surface area contributed by atoms with Gasteiger partial charge in [-0.1, -0.05) is 24.4 Å². The first-order chi connectivity index (χ1) is 11.5. The van der Waals surface area contributed by atoms with E-state index in [0.29, 0.717) is 22.8 Å². The quantitative estimate of drug-likeness (QED) is 0.518. The van der Waals surface area contributed by atoms with E-state index in [1.165, 1.54) is 0 Å². The third kappa shape index (κ3) is 5.78. The smallest absolute Gasteiger partial charge is 0.427 e. The van der Waals surface area contributed by atoms with Crippen molar-refractivity contribution in [2.24, 2.45) is 11.7 Å². The second kappa shape index (κ2) is 9.42. The Morgan fingerprint density at radius 3 is 2.46 bits per heavy atom. The summed E-state index contributed by atoms with van der Waals surface area (Å²) >= 11 is 5.86. The molecular formula is C17H26BClN2O3. The van der Waals surface area contributed by atoms with Crippen molar-refractivity contribution in [3.8, 4) is 0 Å².